The molecule has 3 aromatic rings. The van der Waals surface area contributed by atoms with Crippen LogP contribution in [0.25, 0.3) is 11.0 Å². The molecule has 1 aromatic carbocycles. The van der Waals surface area contributed by atoms with E-state index in [0.29, 0.717) is 16.0 Å². The number of nitrogens with one attached hydrogen (secondary N) is 1. The highest BCUT2D eigenvalue weighted by atomic mass is 35.5. The van der Waals surface area contributed by atoms with Crippen molar-refractivity contribution in [1.82, 2.24) is 14.3 Å². The fraction of sp³-hybridized carbons (Fsp3) is 0.278. The third-order valence-corrected chi connectivity index (χ3v) is 5.94. The topological polar surface area (TPSA) is 50.2 Å². The molecule has 0 aliphatic carbocycles. The lowest BCUT2D eigenvalue weighted by atomic mass is 10.2. The first-order valence-corrected chi connectivity index (χ1v) is 9.74. The molecule has 1 fully saturated rings. The van der Waals surface area contributed by atoms with Gasteiger partial charge < -0.3 is 10.2 Å². The van der Waals surface area contributed by atoms with E-state index >= 15 is 0 Å². The Morgan fingerprint density at radius 3 is 3.00 bits per heavy atom. The Balaban J connectivity index is 1.81. The average molecular weight is 375 g/mol. The lowest BCUT2D eigenvalue weighted by molar-refractivity contribution is 0.485. The maximum Gasteiger partial charge on any atom is 0.157 e. The van der Waals surface area contributed by atoms with Crippen LogP contribution in [0.5, 0.6) is 0 Å². The summed E-state index contributed by atoms with van der Waals surface area (Å²) in [5, 5.41) is 4.03. The summed E-state index contributed by atoms with van der Waals surface area (Å²) in [6, 6.07) is 11.4. The highest BCUT2D eigenvalue weighted by Crippen LogP contribution is 2.30. The van der Waals surface area contributed by atoms with Gasteiger partial charge in [-0.1, -0.05) is 17.7 Å². The molecule has 2 unspecified atom stereocenters. The van der Waals surface area contributed by atoms with Gasteiger partial charge in [0.15, 0.2) is 11.0 Å². The van der Waals surface area contributed by atoms with Gasteiger partial charge in [0.2, 0.25) is 0 Å². The molecule has 0 amide bonds. The fourth-order valence-electron chi connectivity index (χ4n) is 3.22. The van der Waals surface area contributed by atoms with Gasteiger partial charge >= 0.3 is 0 Å². The molecule has 5 nitrogen and oxygen atoms in total. The second-order valence-corrected chi connectivity index (χ2v) is 8.02. The van der Waals surface area contributed by atoms with Gasteiger partial charge in [0, 0.05) is 43.1 Å². The smallest absolute Gasteiger partial charge is 0.157 e. The zero-order chi connectivity index (χ0) is 17.4. The van der Waals surface area contributed by atoms with Gasteiger partial charge in [-0.15, -0.1) is 0 Å². The van der Waals surface area contributed by atoms with E-state index in [4.69, 9.17) is 11.6 Å². The van der Waals surface area contributed by atoms with E-state index in [1.165, 1.54) is 0 Å². The third-order valence-electron chi connectivity index (χ3n) is 4.39. The predicted molar refractivity (Wildman–Crippen MR) is 103 cm³/mol. The van der Waals surface area contributed by atoms with E-state index in [1.54, 1.807) is 22.3 Å². The largest absolute Gasteiger partial charge is 0.366 e. The normalized spacial score (nSPS) is 19.3. The summed E-state index contributed by atoms with van der Waals surface area (Å²) < 4.78 is 14.9. The van der Waals surface area contributed by atoms with Crippen LogP contribution >= 0.6 is 11.6 Å². The van der Waals surface area contributed by atoms with E-state index in [1.807, 2.05) is 30.5 Å². The first-order chi connectivity index (χ1) is 12.1. The highest BCUT2D eigenvalue weighted by Gasteiger charge is 2.22. The van der Waals surface area contributed by atoms with E-state index in [0.717, 1.165) is 36.4 Å². The summed E-state index contributed by atoms with van der Waals surface area (Å²) in [4.78, 5) is 7.53. The molecule has 2 aromatic heterocycles. The number of benzene rings is 1. The molecular formula is C18H19ClN4OS. The Morgan fingerprint density at radius 1 is 1.32 bits per heavy atom. The molecule has 1 saturated heterocycles. The molecule has 25 heavy (non-hydrogen) atoms. The molecule has 1 aliphatic heterocycles. The number of hydrogen-bond acceptors (Lipinski definition) is 4. The van der Waals surface area contributed by atoms with Crippen molar-refractivity contribution in [2.75, 3.05) is 24.5 Å². The molecule has 0 spiro atoms. The Morgan fingerprint density at radius 2 is 2.20 bits per heavy atom. The molecule has 0 bridgehead atoms. The van der Waals surface area contributed by atoms with E-state index in [-0.39, 0.29) is 0 Å². The maximum atomic E-state index is 13.1. The van der Waals surface area contributed by atoms with Crippen molar-refractivity contribution in [3.63, 3.8) is 0 Å². The van der Waals surface area contributed by atoms with Gasteiger partial charge in [-0.2, -0.15) is 0 Å². The number of halogens is 1. The van der Waals surface area contributed by atoms with Gasteiger partial charge in [-0.3, -0.25) is 8.96 Å². The Bertz CT molecular complexity index is 942. The molecule has 1 aliphatic rings. The van der Waals surface area contributed by atoms with Crippen molar-refractivity contribution >= 4 is 39.3 Å². The number of rotatable bonds is 3. The number of hydrogen-bond donors (Lipinski definition) is 1. The molecular weight excluding hydrogens is 356 g/mol. The van der Waals surface area contributed by atoms with Crippen molar-refractivity contribution in [2.45, 2.75) is 17.9 Å². The Labute approximate surface area is 154 Å². The van der Waals surface area contributed by atoms with E-state index in [2.05, 4.69) is 22.1 Å². The Kier molecular flexibility index (Phi) is 4.50. The molecule has 2 atom stereocenters. The standard InChI is InChI=1S/C18H19ClN4OS/c1-13-11-22(9-8-20-13)17-12-23(16-6-3-7-21-18(16)17)25(24)15-5-2-4-14(19)10-15/h2-7,10,12-13,20H,8-9,11H2,1H3. The van der Waals surface area contributed by atoms with Gasteiger partial charge in [0.1, 0.15) is 5.52 Å². The summed E-state index contributed by atoms with van der Waals surface area (Å²) in [5.41, 5.74) is 2.77. The van der Waals surface area contributed by atoms with Gasteiger partial charge in [-0.05, 0) is 37.3 Å². The quantitative estimate of drug-likeness (QED) is 0.765. The monoisotopic (exact) mass is 374 g/mol. The van der Waals surface area contributed by atoms with Gasteiger partial charge in [0.05, 0.1) is 16.1 Å². The molecule has 7 heteroatoms. The van der Waals surface area contributed by atoms with Gasteiger partial charge in [0.25, 0.3) is 0 Å². The molecule has 3 heterocycles. The van der Waals surface area contributed by atoms with Crippen LogP contribution in [0.1, 0.15) is 6.92 Å². The zero-order valence-electron chi connectivity index (χ0n) is 13.9. The SMILES string of the molecule is CC1CN(c2cn(S(=O)c3cccc(Cl)c3)c3cccnc23)CCN1. The second-order valence-electron chi connectivity index (χ2n) is 6.22. The highest BCUT2D eigenvalue weighted by molar-refractivity contribution is 7.83. The van der Waals surface area contributed by atoms with E-state index in [9.17, 15) is 4.21 Å². The molecule has 1 N–H and O–H groups in total. The minimum absolute atomic E-state index is 0.411. The molecule has 4 rings (SSSR count). The third kappa shape index (κ3) is 3.17. The first-order valence-electron chi connectivity index (χ1n) is 8.26. The van der Waals surface area contributed by atoms with E-state index < -0.39 is 11.0 Å². The number of nitrogens with zero attached hydrogens (tertiary/aromatic N) is 3. The van der Waals surface area contributed by atoms with Crippen LogP contribution in [-0.2, 0) is 11.0 Å². The van der Waals surface area contributed by atoms with Crippen molar-refractivity contribution < 1.29 is 4.21 Å². The minimum atomic E-state index is -1.37. The van der Waals surface area contributed by atoms with Crippen LogP contribution in [0, 0.1) is 0 Å². The fourth-order valence-corrected chi connectivity index (χ4v) is 4.65. The number of fused-ring (bicyclic) bond motifs is 1. The van der Waals surface area contributed by atoms with Gasteiger partial charge in [-0.25, -0.2) is 4.21 Å². The minimum Gasteiger partial charge on any atom is -0.366 e. The summed E-state index contributed by atoms with van der Waals surface area (Å²) >= 11 is 6.07. The number of piperazine rings is 1. The Hall–Kier alpha value is -1.89. The van der Waals surface area contributed by atoms with Crippen molar-refractivity contribution in [2.24, 2.45) is 0 Å². The zero-order valence-corrected chi connectivity index (χ0v) is 15.4. The lowest BCUT2D eigenvalue weighted by Crippen LogP contribution is -2.49. The average Bonchev–Trinajstić information content (AvgIpc) is 3.01. The van der Waals surface area contributed by atoms with Crippen LogP contribution in [0.3, 0.4) is 0 Å². The van der Waals surface area contributed by atoms with Crippen molar-refractivity contribution in [1.29, 1.82) is 0 Å². The molecule has 130 valence electrons. The molecule has 0 saturated carbocycles. The second kappa shape index (κ2) is 6.78. The van der Waals surface area contributed by atoms with Crippen LogP contribution in [0.15, 0.2) is 53.7 Å². The number of anilines is 1. The summed E-state index contributed by atoms with van der Waals surface area (Å²) in [5.74, 6) is 0. The predicted octanol–water partition coefficient (Wildman–Crippen LogP) is 3.06. The molecule has 0 radical (unpaired) electrons. The van der Waals surface area contributed by atoms with Crippen molar-refractivity contribution in [3.05, 3.63) is 53.8 Å². The lowest BCUT2D eigenvalue weighted by Gasteiger charge is -2.32. The van der Waals surface area contributed by atoms with Crippen LogP contribution in [-0.4, -0.2) is 38.8 Å². The summed E-state index contributed by atoms with van der Waals surface area (Å²) in [6.45, 7) is 4.91. The van der Waals surface area contributed by atoms with Crippen molar-refractivity contribution in [3.8, 4) is 0 Å². The van der Waals surface area contributed by atoms with Crippen LogP contribution in [0.2, 0.25) is 5.02 Å². The van der Waals surface area contributed by atoms with Crippen LogP contribution in [0.4, 0.5) is 5.69 Å². The van der Waals surface area contributed by atoms with Crippen LogP contribution < -0.4 is 10.2 Å². The summed E-state index contributed by atoms with van der Waals surface area (Å²) in [6.07, 6.45) is 3.73. The maximum absolute atomic E-state index is 13.1. The first kappa shape index (κ1) is 16.6. The number of aromatic nitrogens is 2. The summed E-state index contributed by atoms with van der Waals surface area (Å²) in [7, 11) is -1.37. The number of pyridine rings is 1.